The van der Waals surface area contributed by atoms with Crippen molar-refractivity contribution in [3.8, 4) is 0 Å². The van der Waals surface area contributed by atoms with Crippen LogP contribution in [0.25, 0.3) is 0 Å². The average Bonchev–Trinajstić information content (AvgIpc) is 2.26. The highest BCUT2D eigenvalue weighted by Gasteiger charge is 2.08. The summed E-state index contributed by atoms with van der Waals surface area (Å²) in [5.74, 6) is 0. The van der Waals surface area contributed by atoms with Crippen molar-refractivity contribution < 1.29 is 4.74 Å². The number of ether oxygens (including phenoxy) is 1. The van der Waals surface area contributed by atoms with E-state index in [2.05, 4.69) is 25.2 Å². The minimum absolute atomic E-state index is 0.445. The second-order valence-corrected chi connectivity index (χ2v) is 5.02. The van der Waals surface area contributed by atoms with Gasteiger partial charge in [-0.3, -0.25) is 0 Å². The molecule has 1 aromatic rings. The molecule has 0 aliphatic heterocycles. The number of rotatable bonds is 7. The average molecular weight is 256 g/mol. The maximum Gasteiger partial charge on any atom is 0.0476 e. The fraction of sp³-hybridized carbons (Fsp3) is 0.571. The lowest BCUT2D eigenvalue weighted by molar-refractivity contribution is 0.183. The third-order valence-corrected chi connectivity index (χ3v) is 2.99. The molecule has 17 heavy (non-hydrogen) atoms. The standard InChI is InChI=1S/C14H22ClNO/c1-11(7-8-17-3)16-12(2)9-13-5-4-6-14(15)10-13/h4-6,10-12,16H,7-9H2,1-3H3. The van der Waals surface area contributed by atoms with Gasteiger partial charge in [-0.25, -0.2) is 0 Å². The van der Waals surface area contributed by atoms with Gasteiger partial charge in [-0.2, -0.15) is 0 Å². The maximum atomic E-state index is 5.97. The SMILES string of the molecule is COCCC(C)NC(C)Cc1cccc(Cl)c1. The van der Waals surface area contributed by atoms with Gasteiger partial charge in [0.1, 0.15) is 0 Å². The lowest BCUT2D eigenvalue weighted by Gasteiger charge is -2.20. The largest absolute Gasteiger partial charge is 0.385 e. The van der Waals surface area contributed by atoms with E-state index in [-0.39, 0.29) is 0 Å². The molecule has 0 aliphatic rings. The van der Waals surface area contributed by atoms with Crippen LogP contribution < -0.4 is 5.32 Å². The molecule has 0 aromatic heterocycles. The predicted octanol–water partition coefficient (Wildman–Crippen LogP) is 3.29. The van der Waals surface area contributed by atoms with E-state index in [1.165, 1.54) is 5.56 Å². The van der Waals surface area contributed by atoms with Crippen LogP contribution in [-0.4, -0.2) is 25.8 Å². The summed E-state index contributed by atoms with van der Waals surface area (Å²) < 4.78 is 5.07. The van der Waals surface area contributed by atoms with E-state index >= 15 is 0 Å². The summed E-state index contributed by atoms with van der Waals surface area (Å²) in [6, 6.07) is 8.97. The molecular formula is C14H22ClNO. The van der Waals surface area contributed by atoms with Gasteiger partial charge in [0.15, 0.2) is 0 Å². The Hall–Kier alpha value is -0.570. The Bertz CT molecular complexity index is 330. The van der Waals surface area contributed by atoms with E-state index in [1.807, 2.05) is 18.2 Å². The van der Waals surface area contributed by atoms with Crippen molar-refractivity contribution in [3.05, 3.63) is 34.9 Å². The van der Waals surface area contributed by atoms with Crippen LogP contribution in [0, 0.1) is 0 Å². The molecule has 2 atom stereocenters. The summed E-state index contributed by atoms with van der Waals surface area (Å²) in [5.41, 5.74) is 1.27. The van der Waals surface area contributed by atoms with Crippen LogP contribution in [-0.2, 0) is 11.2 Å². The van der Waals surface area contributed by atoms with Gasteiger partial charge in [0, 0.05) is 30.8 Å². The van der Waals surface area contributed by atoms with Crippen LogP contribution in [0.1, 0.15) is 25.8 Å². The molecule has 0 aliphatic carbocycles. The highest BCUT2D eigenvalue weighted by molar-refractivity contribution is 6.30. The number of methoxy groups -OCH3 is 1. The molecular weight excluding hydrogens is 234 g/mol. The molecule has 1 rings (SSSR count). The fourth-order valence-corrected chi connectivity index (χ4v) is 2.15. The van der Waals surface area contributed by atoms with Crippen LogP contribution in [0.4, 0.5) is 0 Å². The van der Waals surface area contributed by atoms with Gasteiger partial charge in [-0.1, -0.05) is 23.7 Å². The normalized spacial score (nSPS) is 14.6. The second-order valence-electron chi connectivity index (χ2n) is 4.58. The van der Waals surface area contributed by atoms with E-state index in [0.29, 0.717) is 12.1 Å². The zero-order valence-corrected chi connectivity index (χ0v) is 11.6. The topological polar surface area (TPSA) is 21.3 Å². The molecule has 1 aromatic carbocycles. The summed E-state index contributed by atoms with van der Waals surface area (Å²) in [7, 11) is 1.74. The Labute approximate surface area is 109 Å². The van der Waals surface area contributed by atoms with Crippen molar-refractivity contribution in [2.45, 2.75) is 38.8 Å². The van der Waals surface area contributed by atoms with E-state index in [4.69, 9.17) is 16.3 Å². The first kappa shape index (κ1) is 14.5. The third kappa shape index (κ3) is 6.06. The Morgan fingerprint density at radius 1 is 1.29 bits per heavy atom. The van der Waals surface area contributed by atoms with Crippen molar-refractivity contribution in [2.24, 2.45) is 0 Å². The van der Waals surface area contributed by atoms with Crippen molar-refractivity contribution in [2.75, 3.05) is 13.7 Å². The number of nitrogens with one attached hydrogen (secondary N) is 1. The van der Waals surface area contributed by atoms with Gasteiger partial charge < -0.3 is 10.1 Å². The molecule has 0 bridgehead atoms. The molecule has 0 heterocycles. The molecule has 1 N–H and O–H groups in total. The molecule has 0 saturated carbocycles. The summed E-state index contributed by atoms with van der Waals surface area (Å²) in [6.45, 7) is 5.19. The van der Waals surface area contributed by atoms with Gasteiger partial charge in [0.25, 0.3) is 0 Å². The first-order valence-electron chi connectivity index (χ1n) is 6.11. The van der Waals surface area contributed by atoms with Gasteiger partial charge >= 0.3 is 0 Å². The first-order chi connectivity index (χ1) is 8.11. The van der Waals surface area contributed by atoms with Crippen LogP contribution in [0.5, 0.6) is 0 Å². The molecule has 0 radical (unpaired) electrons. The Kier molecular flexibility index (Phi) is 6.56. The van der Waals surface area contributed by atoms with Gasteiger partial charge in [0.05, 0.1) is 0 Å². The predicted molar refractivity (Wildman–Crippen MR) is 73.7 cm³/mol. The van der Waals surface area contributed by atoms with Crippen LogP contribution >= 0.6 is 11.6 Å². The molecule has 2 unspecified atom stereocenters. The van der Waals surface area contributed by atoms with E-state index in [0.717, 1.165) is 24.5 Å². The quantitative estimate of drug-likeness (QED) is 0.807. The summed E-state index contributed by atoms with van der Waals surface area (Å²) in [6.07, 6.45) is 2.04. The van der Waals surface area contributed by atoms with Gasteiger partial charge in [-0.15, -0.1) is 0 Å². The summed E-state index contributed by atoms with van der Waals surface area (Å²) in [5, 5.41) is 4.37. The number of benzene rings is 1. The smallest absolute Gasteiger partial charge is 0.0476 e. The van der Waals surface area contributed by atoms with Crippen LogP contribution in [0.2, 0.25) is 5.02 Å². The molecule has 0 spiro atoms. The first-order valence-corrected chi connectivity index (χ1v) is 6.49. The second kappa shape index (κ2) is 7.70. The van der Waals surface area contributed by atoms with Crippen molar-refractivity contribution in [1.82, 2.24) is 5.32 Å². The molecule has 0 saturated heterocycles. The lowest BCUT2D eigenvalue weighted by Crippen LogP contribution is -2.36. The maximum absolute atomic E-state index is 5.97. The summed E-state index contributed by atoms with van der Waals surface area (Å²) >= 11 is 5.97. The number of hydrogen-bond acceptors (Lipinski definition) is 2. The van der Waals surface area contributed by atoms with Crippen LogP contribution in [0.3, 0.4) is 0 Å². The molecule has 0 fully saturated rings. The Morgan fingerprint density at radius 3 is 2.71 bits per heavy atom. The van der Waals surface area contributed by atoms with Crippen molar-refractivity contribution in [3.63, 3.8) is 0 Å². The Morgan fingerprint density at radius 2 is 2.06 bits per heavy atom. The highest BCUT2D eigenvalue weighted by Crippen LogP contribution is 2.12. The Balaban J connectivity index is 2.36. The fourth-order valence-electron chi connectivity index (χ4n) is 1.94. The van der Waals surface area contributed by atoms with Gasteiger partial charge in [0.2, 0.25) is 0 Å². The molecule has 2 nitrogen and oxygen atoms in total. The van der Waals surface area contributed by atoms with E-state index in [1.54, 1.807) is 7.11 Å². The zero-order chi connectivity index (χ0) is 12.7. The number of hydrogen-bond donors (Lipinski definition) is 1. The zero-order valence-electron chi connectivity index (χ0n) is 10.9. The van der Waals surface area contributed by atoms with Crippen LogP contribution in [0.15, 0.2) is 24.3 Å². The molecule has 0 amide bonds. The monoisotopic (exact) mass is 255 g/mol. The van der Waals surface area contributed by atoms with Gasteiger partial charge in [-0.05, 0) is 44.4 Å². The molecule has 96 valence electrons. The molecule has 3 heteroatoms. The van der Waals surface area contributed by atoms with E-state index in [9.17, 15) is 0 Å². The minimum Gasteiger partial charge on any atom is -0.385 e. The highest BCUT2D eigenvalue weighted by atomic mass is 35.5. The van der Waals surface area contributed by atoms with E-state index < -0.39 is 0 Å². The number of halogens is 1. The lowest BCUT2D eigenvalue weighted by atomic mass is 10.1. The van der Waals surface area contributed by atoms with Crippen molar-refractivity contribution in [1.29, 1.82) is 0 Å². The minimum atomic E-state index is 0.445. The summed E-state index contributed by atoms with van der Waals surface area (Å²) in [4.78, 5) is 0. The van der Waals surface area contributed by atoms with Crippen molar-refractivity contribution >= 4 is 11.6 Å². The third-order valence-electron chi connectivity index (χ3n) is 2.75.